The van der Waals surface area contributed by atoms with Crippen LogP contribution >= 0.6 is 0 Å². The summed E-state index contributed by atoms with van der Waals surface area (Å²) in [6.07, 6.45) is 3.25. The van der Waals surface area contributed by atoms with E-state index >= 15 is 0 Å². The van der Waals surface area contributed by atoms with E-state index in [1.165, 1.54) is 6.92 Å². The Morgan fingerprint density at radius 3 is 2.12 bits per heavy atom. The van der Waals surface area contributed by atoms with E-state index in [9.17, 15) is 19.2 Å². The summed E-state index contributed by atoms with van der Waals surface area (Å²) < 4.78 is 4.98. The molecule has 1 heterocycles. The minimum Gasteiger partial charge on any atom is -0.454 e. The maximum Gasteiger partial charge on any atom is 0.329 e. The predicted octanol–water partition coefficient (Wildman–Crippen LogP) is 1.01. The molecule has 2 fully saturated rings. The van der Waals surface area contributed by atoms with Gasteiger partial charge in [0.25, 0.3) is 5.91 Å². The second-order valence-electron chi connectivity index (χ2n) is 7.63. The van der Waals surface area contributed by atoms with Gasteiger partial charge < -0.3 is 10.1 Å². The summed E-state index contributed by atoms with van der Waals surface area (Å²) in [5.41, 5.74) is -0.425. The number of rotatable bonds is 4. The Bertz CT molecular complexity index is 528. The zero-order chi connectivity index (χ0) is 18.1. The first-order chi connectivity index (χ1) is 11.1. The van der Waals surface area contributed by atoms with E-state index in [4.69, 9.17) is 4.74 Å². The van der Waals surface area contributed by atoms with Crippen molar-refractivity contribution in [3.05, 3.63) is 0 Å². The highest BCUT2D eigenvalue weighted by molar-refractivity contribution is 6.07. The van der Waals surface area contributed by atoms with Crippen LogP contribution in [0.15, 0.2) is 0 Å². The minimum absolute atomic E-state index is 0.284. The van der Waals surface area contributed by atoms with Crippen LogP contribution < -0.4 is 5.32 Å². The molecule has 2 aliphatic rings. The molecule has 0 aromatic carbocycles. The number of ether oxygens (including phenoxy) is 1. The molecule has 7 heteroatoms. The highest BCUT2D eigenvalue weighted by Crippen LogP contribution is 2.38. The first-order valence-corrected chi connectivity index (χ1v) is 8.46. The lowest BCUT2D eigenvalue weighted by Crippen LogP contribution is -2.46. The lowest BCUT2D eigenvalue weighted by Gasteiger charge is -2.23. The zero-order valence-electron chi connectivity index (χ0n) is 14.8. The summed E-state index contributed by atoms with van der Waals surface area (Å²) in [5.74, 6) is -2.33. The number of esters is 1. The average Bonchev–Trinajstić information content (AvgIpc) is 2.74. The number of likely N-dealkylation sites (tertiary alicyclic amines) is 1. The maximum absolute atomic E-state index is 12.4. The van der Waals surface area contributed by atoms with Crippen LogP contribution in [0, 0.1) is 11.8 Å². The van der Waals surface area contributed by atoms with E-state index in [0.29, 0.717) is 12.8 Å². The third kappa shape index (κ3) is 3.94. The first-order valence-electron chi connectivity index (χ1n) is 8.46. The highest BCUT2D eigenvalue weighted by Gasteiger charge is 2.51. The van der Waals surface area contributed by atoms with E-state index in [-0.39, 0.29) is 23.7 Å². The van der Waals surface area contributed by atoms with Gasteiger partial charge in [0.2, 0.25) is 11.8 Å². The van der Waals surface area contributed by atoms with Crippen molar-refractivity contribution in [2.24, 2.45) is 11.8 Å². The second kappa shape index (κ2) is 6.91. The number of imide groups is 1. The zero-order valence-corrected chi connectivity index (χ0v) is 14.8. The van der Waals surface area contributed by atoms with E-state index in [2.05, 4.69) is 5.32 Å². The van der Waals surface area contributed by atoms with Gasteiger partial charge >= 0.3 is 5.97 Å². The number of hydrogen-bond donors (Lipinski definition) is 1. The number of carbonyl (C=O) groups is 4. The van der Waals surface area contributed by atoms with E-state index < -0.39 is 30.1 Å². The molecule has 0 bridgehead atoms. The van der Waals surface area contributed by atoms with Crippen molar-refractivity contribution in [1.29, 1.82) is 0 Å². The average molecular weight is 338 g/mol. The van der Waals surface area contributed by atoms with Gasteiger partial charge in [0.05, 0.1) is 11.8 Å². The van der Waals surface area contributed by atoms with Crippen LogP contribution in [-0.2, 0) is 23.9 Å². The topological polar surface area (TPSA) is 92.8 Å². The van der Waals surface area contributed by atoms with Crippen molar-refractivity contribution in [3.63, 3.8) is 0 Å². The smallest absolute Gasteiger partial charge is 0.329 e. The Kier molecular flexibility index (Phi) is 5.30. The number of amides is 3. The molecule has 0 aromatic heterocycles. The molecule has 0 unspecified atom stereocenters. The Labute approximate surface area is 142 Å². The largest absolute Gasteiger partial charge is 0.454 e. The quantitative estimate of drug-likeness (QED) is 0.610. The van der Waals surface area contributed by atoms with Gasteiger partial charge in [-0.15, -0.1) is 0 Å². The molecule has 1 N–H and O–H groups in total. The van der Waals surface area contributed by atoms with Crippen LogP contribution in [0.25, 0.3) is 0 Å². The van der Waals surface area contributed by atoms with Crippen LogP contribution in [0.5, 0.6) is 0 Å². The standard InChI is InChI=1S/C17H26N2O5/c1-10(16(23)24-9-13(20)18-17(2,3)4)19-14(21)11-7-5-6-8-12(11)15(19)22/h10-12H,5-9H2,1-4H3,(H,18,20)/t10-,11-,12-/m0/s1. The Hall–Kier alpha value is -1.92. The summed E-state index contributed by atoms with van der Waals surface area (Å²) in [6.45, 7) is 6.50. The number of nitrogens with zero attached hydrogens (tertiary/aromatic N) is 1. The van der Waals surface area contributed by atoms with Crippen molar-refractivity contribution in [2.75, 3.05) is 6.61 Å². The second-order valence-corrected chi connectivity index (χ2v) is 7.63. The van der Waals surface area contributed by atoms with Crippen molar-refractivity contribution in [2.45, 2.75) is 65.0 Å². The normalized spacial score (nSPS) is 25.2. The summed E-state index contributed by atoms with van der Waals surface area (Å²) in [6, 6.07) is -1.00. The molecule has 1 saturated heterocycles. The molecule has 3 atom stereocenters. The molecule has 1 saturated carbocycles. The molecule has 3 amide bonds. The summed E-state index contributed by atoms with van der Waals surface area (Å²) in [5, 5.41) is 2.68. The molecule has 0 radical (unpaired) electrons. The third-order valence-corrected chi connectivity index (χ3v) is 4.46. The van der Waals surface area contributed by atoms with Gasteiger partial charge in [0.1, 0.15) is 6.04 Å². The van der Waals surface area contributed by atoms with Crippen molar-refractivity contribution in [1.82, 2.24) is 10.2 Å². The van der Waals surface area contributed by atoms with E-state index in [1.54, 1.807) is 0 Å². The highest BCUT2D eigenvalue weighted by atomic mass is 16.5. The molecule has 2 rings (SSSR count). The SMILES string of the molecule is C[C@@H](C(=O)OCC(=O)NC(C)(C)C)N1C(=O)[C@H]2CCCC[C@@H]2C1=O. The van der Waals surface area contributed by atoms with Gasteiger partial charge in [-0.25, -0.2) is 4.79 Å². The molecular weight excluding hydrogens is 312 g/mol. The maximum atomic E-state index is 12.4. The van der Waals surface area contributed by atoms with Gasteiger partial charge in [-0.05, 0) is 40.5 Å². The van der Waals surface area contributed by atoms with Crippen molar-refractivity contribution < 1.29 is 23.9 Å². The predicted molar refractivity (Wildman–Crippen MR) is 85.6 cm³/mol. The molecular formula is C17H26N2O5. The molecule has 0 spiro atoms. The fourth-order valence-corrected chi connectivity index (χ4v) is 3.39. The summed E-state index contributed by atoms with van der Waals surface area (Å²) >= 11 is 0. The van der Waals surface area contributed by atoms with E-state index in [0.717, 1.165) is 17.7 Å². The molecule has 7 nitrogen and oxygen atoms in total. The minimum atomic E-state index is -1.00. The Balaban J connectivity index is 1.94. The van der Waals surface area contributed by atoms with Crippen LogP contribution in [0.1, 0.15) is 53.4 Å². The van der Waals surface area contributed by atoms with Crippen LogP contribution in [0.3, 0.4) is 0 Å². The molecule has 0 aromatic rings. The van der Waals surface area contributed by atoms with E-state index in [1.807, 2.05) is 20.8 Å². The summed E-state index contributed by atoms with van der Waals surface area (Å²) in [7, 11) is 0. The van der Waals surface area contributed by atoms with Gasteiger partial charge in [-0.2, -0.15) is 0 Å². The summed E-state index contributed by atoms with van der Waals surface area (Å²) in [4.78, 5) is 49.8. The molecule has 134 valence electrons. The monoisotopic (exact) mass is 338 g/mol. The van der Waals surface area contributed by atoms with Gasteiger partial charge in [0, 0.05) is 5.54 Å². The van der Waals surface area contributed by atoms with Gasteiger partial charge in [-0.3, -0.25) is 19.3 Å². The Morgan fingerprint density at radius 1 is 1.17 bits per heavy atom. The first kappa shape index (κ1) is 18.4. The van der Waals surface area contributed by atoms with Gasteiger partial charge in [-0.1, -0.05) is 12.8 Å². The molecule has 24 heavy (non-hydrogen) atoms. The number of hydrogen-bond acceptors (Lipinski definition) is 5. The van der Waals surface area contributed by atoms with Gasteiger partial charge in [0.15, 0.2) is 6.61 Å². The third-order valence-electron chi connectivity index (χ3n) is 4.46. The van der Waals surface area contributed by atoms with Crippen LogP contribution in [0.2, 0.25) is 0 Å². The van der Waals surface area contributed by atoms with Crippen molar-refractivity contribution >= 4 is 23.7 Å². The number of carbonyl (C=O) groups excluding carboxylic acids is 4. The van der Waals surface area contributed by atoms with Crippen LogP contribution in [0.4, 0.5) is 0 Å². The fraction of sp³-hybridized carbons (Fsp3) is 0.765. The molecule has 1 aliphatic carbocycles. The molecule has 1 aliphatic heterocycles. The van der Waals surface area contributed by atoms with Crippen molar-refractivity contribution in [3.8, 4) is 0 Å². The fourth-order valence-electron chi connectivity index (χ4n) is 3.39. The Morgan fingerprint density at radius 2 is 1.67 bits per heavy atom. The number of nitrogens with one attached hydrogen (secondary N) is 1. The number of fused-ring (bicyclic) bond motifs is 1. The van der Waals surface area contributed by atoms with Crippen LogP contribution in [-0.4, -0.2) is 46.8 Å². The lowest BCUT2D eigenvalue weighted by atomic mass is 9.81. The lowest BCUT2D eigenvalue weighted by molar-refractivity contribution is -0.159.